The molecule has 10 heteroatoms. The van der Waals surface area contributed by atoms with Gasteiger partial charge in [-0.3, -0.25) is 10.2 Å². The Kier molecular flexibility index (Phi) is 6.23. The highest BCUT2D eigenvalue weighted by Gasteiger charge is 2.15. The lowest BCUT2D eigenvalue weighted by molar-refractivity contribution is -0.134. The number of benzene rings is 1. The van der Waals surface area contributed by atoms with Crippen LogP contribution in [0.5, 0.6) is 0 Å². The molecule has 0 fully saturated rings. The SMILES string of the molecule is CCOC(=O)/C(C#N)=N/Nc1ccc(S(=O)(=O)NC(C)=O)cc1. The maximum absolute atomic E-state index is 11.7. The lowest BCUT2D eigenvalue weighted by Gasteiger charge is -2.06. The zero-order valence-corrected chi connectivity index (χ0v) is 13.2. The number of sulfonamides is 1. The van der Waals surface area contributed by atoms with E-state index in [1.807, 2.05) is 4.72 Å². The number of rotatable bonds is 6. The van der Waals surface area contributed by atoms with Crippen molar-refractivity contribution in [3.05, 3.63) is 24.3 Å². The van der Waals surface area contributed by atoms with E-state index in [0.29, 0.717) is 5.69 Å². The maximum Gasteiger partial charge on any atom is 0.369 e. The molecule has 0 aromatic heterocycles. The molecule has 0 aliphatic carbocycles. The summed E-state index contributed by atoms with van der Waals surface area (Å²) >= 11 is 0. The Hall–Kier alpha value is -2.93. The van der Waals surface area contributed by atoms with Crippen LogP contribution in [0.4, 0.5) is 5.69 Å². The summed E-state index contributed by atoms with van der Waals surface area (Å²) in [5, 5.41) is 12.4. The first kappa shape index (κ1) is 18.1. The van der Waals surface area contributed by atoms with Crippen molar-refractivity contribution in [3.8, 4) is 6.07 Å². The number of hydrogen-bond acceptors (Lipinski definition) is 8. The molecule has 0 saturated carbocycles. The second kappa shape index (κ2) is 7.90. The molecule has 122 valence electrons. The predicted molar refractivity (Wildman–Crippen MR) is 80.7 cm³/mol. The molecule has 0 bridgehead atoms. The maximum atomic E-state index is 11.7. The largest absolute Gasteiger partial charge is 0.461 e. The van der Waals surface area contributed by atoms with Crippen molar-refractivity contribution in [2.45, 2.75) is 18.7 Å². The highest BCUT2D eigenvalue weighted by molar-refractivity contribution is 7.90. The summed E-state index contributed by atoms with van der Waals surface area (Å²) in [5.74, 6) is -1.57. The van der Waals surface area contributed by atoms with Crippen molar-refractivity contribution in [3.63, 3.8) is 0 Å². The fourth-order valence-electron chi connectivity index (χ4n) is 1.39. The third-order valence-corrected chi connectivity index (χ3v) is 3.76. The molecule has 0 heterocycles. The van der Waals surface area contributed by atoms with E-state index >= 15 is 0 Å². The van der Waals surface area contributed by atoms with Gasteiger partial charge in [0.1, 0.15) is 6.07 Å². The Balaban J connectivity index is 2.88. The molecular weight excluding hydrogens is 324 g/mol. The zero-order chi connectivity index (χ0) is 17.5. The van der Waals surface area contributed by atoms with Gasteiger partial charge in [0.15, 0.2) is 0 Å². The van der Waals surface area contributed by atoms with Crippen molar-refractivity contribution >= 4 is 33.3 Å². The third-order valence-electron chi connectivity index (χ3n) is 2.31. The number of carbonyl (C=O) groups is 2. The van der Waals surface area contributed by atoms with Crippen LogP contribution in [0.1, 0.15) is 13.8 Å². The van der Waals surface area contributed by atoms with Crippen molar-refractivity contribution in [2.24, 2.45) is 5.10 Å². The first-order valence-electron chi connectivity index (χ1n) is 6.34. The number of esters is 1. The number of ether oxygens (including phenoxy) is 1. The molecule has 0 aliphatic rings. The number of hydrazone groups is 1. The molecule has 2 N–H and O–H groups in total. The lowest BCUT2D eigenvalue weighted by Crippen LogP contribution is -2.28. The number of nitrogens with one attached hydrogen (secondary N) is 2. The average Bonchev–Trinajstić information content (AvgIpc) is 2.47. The molecule has 23 heavy (non-hydrogen) atoms. The Labute approximate surface area is 133 Å². The van der Waals surface area contributed by atoms with Gasteiger partial charge >= 0.3 is 5.97 Å². The molecule has 1 aromatic carbocycles. The second-order valence-electron chi connectivity index (χ2n) is 4.09. The Morgan fingerprint density at radius 2 is 1.91 bits per heavy atom. The van der Waals surface area contributed by atoms with E-state index < -0.39 is 27.6 Å². The van der Waals surface area contributed by atoms with Crippen LogP contribution in [0.3, 0.4) is 0 Å². The van der Waals surface area contributed by atoms with Gasteiger partial charge in [0.2, 0.25) is 11.6 Å². The summed E-state index contributed by atoms with van der Waals surface area (Å²) in [4.78, 5) is 22.1. The van der Waals surface area contributed by atoms with Crippen LogP contribution in [0.2, 0.25) is 0 Å². The molecule has 0 unspecified atom stereocenters. The molecule has 0 atom stereocenters. The molecule has 0 aliphatic heterocycles. The first-order chi connectivity index (χ1) is 10.8. The summed E-state index contributed by atoms with van der Waals surface area (Å²) < 4.78 is 29.9. The van der Waals surface area contributed by atoms with Crippen molar-refractivity contribution < 1.29 is 22.7 Å². The molecule has 0 radical (unpaired) electrons. The second-order valence-corrected chi connectivity index (χ2v) is 5.77. The van der Waals surface area contributed by atoms with Gasteiger partial charge in [0, 0.05) is 6.92 Å². The number of hydrogen-bond donors (Lipinski definition) is 2. The van der Waals surface area contributed by atoms with Crippen molar-refractivity contribution in [1.82, 2.24) is 4.72 Å². The van der Waals surface area contributed by atoms with Gasteiger partial charge in [-0.25, -0.2) is 17.9 Å². The molecule has 1 amide bonds. The smallest absolute Gasteiger partial charge is 0.369 e. The fourth-order valence-corrected chi connectivity index (χ4v) is 2.38. The minimum atomic E-state index is -3.92. The highest BCUT2D eigenvalue weighted by Crippen LogP contribution is 2.14. The fraction of sp³-hybridized carbons (Fsp3) is 0.231. The van der Waals surface area contributed by atoms with E-state index in [9.17, 15) is 18.0 Å². The van der Waals surface area contributed by atoms with Gasteiger partial charge < -0.3 is 4.74 Å². The van der Waals surface area contributed by atoms with Crippen LogP contribution in [-0.4, -0.2) is 32.6 Å². The summed E-state index contributed by atoms with van der Waals surface area (Å²) in [5.41, 5.74) is 2.30. The minimum Gasteiger partial charge on any atom is -0.461 e. The van der Waals surface area contributed by atoms with Gasteiger partial charge in [-0.2, -0.15) is 10.4 Å². The van der Waals surface area contributed by atoms with E-state index in [1.165, 1.54) is 24.3 Å². The number of amides is 1. The van der Waals surface area contributed by atoms with Gasteiger partial charge in [-0.1, -0.05) is 0 Å². The monoisotopic (exact) mass is 338 g/mol. The predicted octanol–water partition coefficient (Wildman–Crippen LogP) is 0.366. The first-order valence-corrected chi connectivity index (χ1v) is 7.83. The molecule has 1 rings (SSSR count). The summed E-state index contributed by atoms with van der Waals surface area (Å²) in [6.07, 6.45) is 0. The van der Waals surface area contributed by atoms with Gasteiger partial charge in [-0.05, 0) is 31.2 Å². The molecule has 9 nitrogen and oxygen atoms in total. The van der Waals surface area contributed by atoms with Crippen molar-refractivity contribution in [1.29, 1.82) is 5.26 Å². The van der Waals surface area contributed by atoms with E-state index in [4.69, 9.17) is 5.26 Å². The number of nitriles is 1. The van der Waals surface area contributed by atoms with E-state index in [-0.39, 0.29) is 11.5 Å². The van der Waals surface area contributed by atoms with Crippen LogP contribution in [0.15, 0.2) is 34.3 Å². The third kappa shape index (κ3) is 5.40. The van der Waals surface area contributed by atoms with Crippen LogP contribution >= 0.6 is 0 Å². The van der Waals surface area contributed by atoms with E-state index in [1.54, 1.807) is 13.0 Å². The lowest BCUT2D eigenvalue weighted by atomic mass is 10.3. The molecule has 0 spiro atoms. The quantitative estimate of drug-likeness (QED) is 0.434. The van der Waals surface area contributed by atoms with Crippen LogP contribution < -0.4 is 10.1 Å². The zero-order valence-electron chi connectivity index (χ0n) is 12.4. The van der Waals surface area contributed by atoms with Crippen LogP contribution in [0, 0.1) is 11.3 Å². The topological polar surface area (TPSA) is 138 Å². The Bertz CT molecular complexity index is 763. The molecule has 1 aromatic rings. The normalized spacial score (nSPS) is 11.3. The number of anilines is 1. The van der Waals surface area contributed by atoms with Gasteiger partial charge in [-0.15, -0.1) is 0 Å². The number of nitrogens with zero attached hydrogens (tertiary/aromatic N) is 2. The molecule has 0 saturated heterocycles. The summed E-state index contributed by atoms with van der Waals surface area (Å²) in [7, 11) is -3.92. The summed E-state index contributed by atoms with van der Waals surface area (Å²) in [6.45, 7) is 2.78. The standard InChI is InChI=1S/C13H14N4O5S/c1-3-22-13(19)12(8-14)16-15-10-4-6-11(7-5-10)23(20,21)17-9(2)18/h4-7,15H,3H2,1-2H3,(H,17,18)/b16-12+. The van der Waals surface area contributed by atoms with Crippen LogP contribution in [-0.2, 0) is 24.3 Å². The van der Waals surface area contributed by atoms with Gasteiger partial charge in [0.05, 0.1) is 17.2 Å². The van der Waals surface area contributed by atoms with Gasteiger partial charge in [0.25, 0.3) is 10.0 Å². The average molecular weight is 338 g/mol. The minimum absolute atomic E-state index is 0.106. The summed E-state index contributed by atoms with van der Waals surface area (Å²) in [6, 6.07) is 6.77. The molecular formula is C13H14N4O5S. The number of carbonyl (C=O) groups excluding carboxylic acids is 2. The Morgan fingerprint density at radius 3 is 2.39 bits per heavy atom. The van der Waals surface area contributed by atoms with E-state index in [0.717, 1.165) is 6.92 Å². The van der Waals surface area contributed by atoms with E-state index in [2.05, 4.69) is 15.3 Å². The van der Waals surface area contributed by atoms with Crippen LogP contribution in [0.25, 0.3) is 0 Å². The van der Waals surface area contributed by atoms with Crippen molar-refractivity contribution in [2.75, 3.05) is 12.0 Å². The highest BCUT2D eigenvalue weighted by atomic mass is 32.2. The Morgan fingerprint density at radius 1 is 1.30 bits per heavy atom.